The number of hydrogen-bond acceptors (Lipinski definition) is 7. The Kier molecular flexibility index (Phi) is 7.09. The smallest absolute Gasteiger partial charge is 0.311 e. The number of carbonyl (C=O) groups is 1. The Labute approximate surface area is 215 Å². The molecule has 0 atom stereocenters. The lowest BCUT2D eigenvalue weighted by atomic mass is 10.1. The number of benzene rings is 3. The minimum atomic E-state index is -3.81. The molecule has 0 saturated carbocycles. The van der Waals surface area contributed by atoms with Crippen LogP contribution in [0.3, 0.4) is 0 Å². The second kappa shape index (κ2) is 9.90. The zero-order valence-corrected chi connectivity index (χ0v) is 21.1. The number of anilines is 1. The summed E-state index contributed by atoms with van der Waals surface area (Å²) in [6, 6.07) is 13.5. The van der Waals surface area contributed by atoms with Crippen LogP contribution < -0.4 is 10.1 Å². The van der Waals surface area contributed by atoms with Gasteiger partial charge in [0.2, 0.25) is 0 Å². The minimum absolute atomic E-state index is 0.00588. The van der Waals surface area contributed by atoms with E-state index in [9.17, 15) is 23.3 Å². The number of rotatable bonds is 6. The highest BCUT2D eigenvalue weighted by atomic mass is 35.5. The Morgan fingerprint density at radius 1 is 1.11 bits per heavy atom. The fourth-order valence-corrected chi connectivity index (χ4v) is 6.42. The third kappa shape index (κ3) is 5.30. The molecule has 0 radical (unpaired) electrons. The molecule has 3 aromatic carbocycles. The van der Waals surface area contributed by atoms with Crippen LogP contribution in [0.5, 0.6) is 5.75 Å². The fraction of sp³-hybridized carbons (Fsp3) is 0.0870. The van der Waals surface area contributed by atoms with Crippen LogP contribution in [0.1, 0.15) is 11.1 Å². The van der Waals surface area contributed by atoms with Gasteiger partial charge in [-0.25, -0.2) is 8.42 Å². The number of halogens is 2. The van der Waals surface area contributed by atoms with Gasteiger partial charge in [-0.2, -0.15) is 0 Å². The van der Waals surface area contributed by atoms with Crippen molar-refractivity contribution >= 4 is 68.2 Å². The van der Waals surface area contributed by atoms with Crippen molar-refractivity contribution in [1.82, 2.24) is 0 Å². The topological polar surface area (TPSA) is 116 Å². The van der Waals surface area contributed by atoms with E-state index in [2.05, 4.69) is 5.32 Å². The Morgan fingerprint density at radius 2 is 1.83 bits per heavy atom. The number of carbonyl (C=O) groups excluding carboxylic acids is 1. The lowest BCUT2D eigenvalue weighted by Crippen LogP contribution is -2.18. The molecule has 12 heteroatoms. The molecule has 8 nitrogen and oxygen atoms in total. The van der Waals surface area contributed by atoms with Gasteiger partial charge in [0, 0.05) is 26.6 Å². The summed E-state index contributed by atoms with van der Waals surface area (Å²) in [7, 11) is -2.48. The number of hydrogen-bond donors (Lipinski definition) is 1. The first-order valence-corrected chi connectivity index (χ1v) is 13.1. The van der Waals surface area contributed by atoms with Crippen molar-refractivity contribution in [3.63, 3.8) is 0 Å². The summed E-state index contributed by atoms with van der Waals surface area (Å²) < 4.78 is 31.0. The molecule has 4 rings (SSSR count). The van der Waals surface area contributed by atoms with E-state index in [1.54, 1.807) is 30.3 Å². The van der Waals surface area contributed by atoms with Gasteiger partial charge < -0.3 is 10.1 Å². The second-order valence-corrected chi connectivity index (χ2v) is 11.3. The van der Waals surface area contributed by atoms with Crippen molar-refractivity contribution in [3.8, 4) is 5.75 Å². The summed E-state index contributed by atoms with van der Waals surface area (Å²) in [6.07, 6.45) is 1.51. The summed E-state index contributed by atoms with van der Waals surface area (Å²) in [5.74, 6) is -0.757. The van der Waals surface area contributed by atoms with Crippen molar-refractivity contribution in [2.75, 3.05) is 12.4 Å². The molecule has 0 aliphatic carbocycles. The van der Waals surface area contributed by atoms with E-state index in [0.29, 0.717) is 21.7 Å². The Morgan fingerprint density at radius 3 is 2.49 bits per heavy atom. The third-order valence-corrected chi connectivity index (χ3v) is 8.54. The zero-order chi connectivity index (χ0) is 25.3. The number of amides is 1. The number of fused-ring (bicyclic) bond motifs is 1. The molecule has 0 fully saturated rings. The van der Waals surface area contributed by atoms with Crippen molar-refractivity contribution in [1.29, 1.82) is 0 Å². The Bertz CT molecular complexity index is 1490. The van der Waals surface area contributed by atoms with Crippen molar-refractivity contribution in [2.45, 2.75) is 15.5 Å². The maximum atomic E-state index is 13.0. The summed E-state index contributed by atoms with van der Waals surface area (Å²) >= 11 is 13.4. The molecule has 180 valence electrons. The molecule has 1 aliphatic rings. The number of thioether (sulfide) groups is 1. The van der Waals surface area contributed by atoms with Crippen LogP contribution in [0.2, 0.25) is 10.0 Å². The van der Waals surface area contributed by atoms with Gasteiger partial charge in [0.15, 0.2) is 15.6 Å². The summed E-state index contributed by atoms with van der Waals surface area (Å²) in [5, 5.41) is 14.5. The van der Waals surface area contributed by atoms with E-state index in [1.807, 2.05) is 0 Å². The molecule has 0 unspecified atom stereocenters. The van der Waals surface area contributed by atoms with Gasteiger partial charge in [-0.15, -0.1) is 0 Å². The van der Waals surface area contributed by atoms with Crippen LogP contribution in [0, 0.1) is 10.1 Å². The third-order valence-electron chi connectivity index (χ3n) is 5.10. The number of methoxy groups -OCH3 is 1. The van der Waals surface area contributed by atoms with Gasteiger partial charge in [0.05, 0.1) is 33.3 Å². The van der Waals surface area contributed by atoms with Crippen molar-refractivity contribution in [2.24, 2.45) is 0 Å². The first kappa shape index (κ1) is 25.1. The standard InChI is InChI=1S/C23H16Cl2N2O6S2/c1-33-20-7-5-13(9-19(20)27(29)30)10-22-23(28)26-18-11-14(6-8-21(18)34-22)35(31,32)12-15-16(24)3-2-4-17(15)25/h2-11H,12H2,1H3,(H,26,28). The van der Waals surface area contributed by atoms with Crippen LogP contribution in [-0.2, 0) is 20.4 Å². The van der Waals surface area contributed by atoms with E-state index in [0.717, 1.165) is 11.8 Å². The van der Waals surface area contributed by atoms with Gasteiger partial charge in [-0.1, -0.05) is 47.1 Å². The number of nitrogens with one attached hydrogen (secondary N) is 1. The van der Waals surface area contributed by atoms with Gasteiger partial charge in [-0.05, 0) is 48.0 Å². The predicted octanol–water partition coefficient (Wildman–Crippen LogP) is 5.97. The van der Waals surface area contributed by atoms with E-state index >= 15 is 0 Å². The molecule has 3 aromatic rings. The van der Waals surface area contributed by atoms with E-state index in [4.69, 9.17) is 27.9 Å². The molecule has 0 spiro atoms. The lowest BCUT2D eigenvalue weighted by molar-refractivity contribution is -0.385. The van der Waals surface area contributed by atoms with E-state index in [-0.39, 0.29) is 31.3 Å². The Hall–Kier alpha value is -3.05. The minimum Gasteiger partial charge on any atom is -0.490 e. The van der Waals surface area contributed by atoms with Crippen LogP contribution in [0.15, 0.2) is 69.3 Å². The lowest BCUT2D eigenvalue weighted by Gasteiger charge is -2.19. The molecule has 1 aliphatic heterocycles. The van der Waals surface area contributed by atoms with Gasteiger partial charge in [-0.3, -0.25) is 14.9 Å². The molecule has 35 heavy (non-hydrogen) atoms. The number of sulfone groups is 1. The summed E-state index contributed by atoms with van der Waals surface area (Å²) in [5.41, 5.74) is 0.848. The molecule has 0 saturated heterocycles. The van der Waals surface area contributed by atoms with Crippen LogP contribution in [-0.4, -0.2) is 26.4 Å². The summed E-state index contributed by atoms with van der Waals surface area (Å²) in [6.45, 7) is 0. The van der Waals surface area contributed by atoms with Crippen LogP contribution in [0.4, 0.5) is 11.4 Å². The van der Waals surface area contributed by atoms with Crippen LogP contribution in [0.25, 0.3) is 6.08 Å². The van der Waals surface area contributed by atoms with Gasteiger partial charge >= 0.3 is 5.69 Å². The SMILES string of the molecule is COc1ccc(C=C2Sc3ccc(S(=O)(=O)Cc4c(Cl)cccc4Cl)cc3NC2=O)cc1[N+](=O)[O-]. The van der Waals surface area contributed by atoms with Crippen LogP contribution >= 0.6 is 35.0 Å². The van der Waals surface area contributed by atoms with Gasteiger partial charge in [0.25, 0.3) is 5.91 Å². The van der Waals surface area contributed by atoms with Gasteiger partial charge in [0.1, 0.15) is 0 Å². The maximum Gasteiger partial charge on any atom is 0.311 e. The second-order valence-electron chi connectivity index (χ2n) is 7.37. The Balaban J connectivity index is 1.62. The highest BCUT2D eigenvalue weighted by Gasteiger charge is 2.25. The summed E-state index contributed by atoms with van der Waals surface area (Å²) in [4.78, 5) is 24.3. The average Bonchev–Trinajstić information content (AvgIpc) is 2.81. The molecule has 1 N–H and O–H groups in total. The normalized spacial score (nSPS) is 14.4. The molecule has 0 aromatic heterocycles. The average molecular weight is 551 g/mol. The molecule has 1 heterocycles. The molecular weight excluding hydrogens is 535 g/mol. The van der Waals surface area contributed by atoms with E-state index < -0.39 is 26.4 Å². The number of nitrogens with zero attached hydrogens (tertiary/aromatic N) is 1. The predicted molar refractivity (Wildman–Crippen MR) is 136 cm³/mol. The zero-order valence-electron chi connectivity index (χ0n) is 17.9. The first-order chi connectivity index (χ1) is 16.6. The number of nitro benzene ring substituents is 1. The molecular formula is C23H16Cl2N2O6S2. The maximum absolute atomic E-state index is 13.0. The highest BCUT2D eigenvalue weighted by Crippen LogP contribution is 2.41. The molecule has 0 bridgehead atoms. The monoisotopic (exact) mass is 550 g/mol. The van der Waals surface area contributed by atoms with Crippen molar-refractivity contribution < 1.29 is 22.9 Å². The quantitative estimate of drug-likeness (QED) is 0.228. The highest BCUT2D eigenvalue weighted by molar-refractivity contribution is 8.04. The van der Waals surface area contributed by atoms with E-state index in [1.165, 1.54) is 37.5 Å². The molecule has 1 amide bonds. The largest absolute Gasteiger partial charge is 0.490 e. The number of nitro groups is 1. The van der Waals surface area contributed by atoms with Crippen molar-refractivity contribution in [3.05, 3.63) is 90.8 Å². The first-order valence-electron chi connectivity index (χ1n) is 9.92. The fourth-order valence-electron chi connectivity index (χ4n) is 3.37. The number of ether oxygens (including phenoxy) is 1.